The Balaban J connectivity index is 0.00000106. The van der Waals surface area contributed by atoms with E-state index in [1.807, 2.05) is 48.5 Å². The molecule has 6 heteroatoms. The van der Waals surface area contributed by atoms with E-state index in [0.29, 0.717) is 13.0 Å². The molecular formula is C15H16ClCuN2O2. The first kappa shape index (κ1) is 17.7. The molecule has 1 unspecified atom stereocenters. The van der Waals surface area contributed by atoms with Gasteiger partial charge in [0.15, 0.2) is 0 Å². The number of rotatable bonds is 6. The number of aliphatic carboxylic acids is 1. The monoisotopic (exact) mass is 354 g/mol. The predicted molar refractivity (Wildman–Crippen MR) is 78.5 cm³/mol. The molecule has 1 aromatic carbocycles. The third-order valence-corrected chi connectivity index (χ3v) is 2.84. The van der Waals surface area contributed by atoms with E-state index in [0.717, 1.165) is 11.3 Å². The SMILES string of the molecule is O=C(O)C(Cc1ccccc1)NCc1ccccn1.[Cl][Cu]. The fourth-order valence-electron chi connectivity index (χ4n) is 1.83. The second-order valence-electron chi connectivity index (χ2n) is 4.28. The van der Waals surface area contributed by atoms with Crippen molar-refractivity contribution in [3.8, 4) is 0 Å². The molecule has 0 fully saturated rings. The summed E-state index contributed by atoms with van der Waals surface area (Å²) in [5, 5.41) is 12.3. The molecule has 0 aliphatic carbocycles. The van der Waals surface area contributed by atoms with Crippen LogP contribution in [0.5, 0.6) is 0 Å². The summed E-state index contributed by atoms with van der Waals surface area (Å²) in [6, 6.07) is 14.6. The van der Waals surface area contributed by atoms with Gasteiger partial charge in [-0.25, -0.2) is 0 Å². The van der Waals surface area contributed by atoms with Crippen molar-refractivity contribution in [1.82, 2.24) is 10.3 Å². The van der Waals surface area contributed by atoms with Gasteiger partial charge in [0.25, 0.3) is 0 Å². The molecule has 1 heterocycles. The number of carboxylic acid groups (broad SMARTS) is 1. The fraction of sp³-hybridized carbons (Fsp3) is 0.200. The standard InChI is InChI=1S/C15H16N2O2.ClH.Cu/c18-15(19)14(10-12-6-2-1-3-7-12)17-11-13-8-4-5-9-16-13;;/h1-9,14,17H,10-11H2,(H,18,19);1H;/q;;+1/p-1. The van der Waals surface area contributed by atoms with Crippen molar-refractivity contribution in [1.29, 1.82) is 0 Å². The van der Waals surface area contributed by atoms with Gasteiger partial charge in [0.05, 0.1) is 5.69 Å². The molecule has 4 nitrogen and oxygen atoms in total. The Hall–Kier alpha value is -1.39. The maximum absolute atomic E-state index is 11.2. The molecule has 2 aromatic rings. The molecule has 2 rings (SSSR count). The van der Waals surface area contributed by atoms with Crippen LogP contribution in [0, 0.1) is 0 Å². The van der Waals surface area contributed by atoms with Crippen molar-refractivity contribution in [2.75, 3.05) is 0 Å². The summed E-state index contributed by atoms with van der Waals surface area (Å²) in [6.07, 6.45) is 2.16. The van der Waals surface area contributed by atoms with Gasteiger partial charge in [0.1, 0.15) is 6.04 Å². The van der Waals surface area contributed by atoms with Crippen LogP contribution in [0.15, 0.2) is 54.7 Å². The number of aromatic nitrogens is 1. The quantitative estimate of drug-likeness (QED) is 0.782. The molecule has 0 amide bonds. The summed E-state index contributed by atoms with van der Waals surface area (Å²) in [5.74, 6) is -0.847. The van der Waals surface area contributed by atoms with Gasteiger partial charge < -0.3 is 5.11 Å². The first-order chi connectivity index (χ1) is 10.3. The zero-order valence-electron chi connectivity index (χ0n) is 11.2. The van der Waals surface area contributed by atoms with Crippen LogP contribution in [0.25, 0.3) is 0 Å². The summed E-state index contributed by atoms with van der Waals surface area (Å²) >= 11 is 3.66. The number of carboxylic acids is 1. The average molecular weight is 355 g/mol. The van der Waals surface area contributed by atoms with Crippen molar-refractivity contribution >= 4 is 16.1 Å². The average Bonchev–Trinajstić information content (AvgIpc) is 2.55. The van der Waals surface area contributed by atoms with Crippen LogP contribution in [0.2, 0.25) is 0 Å². The number of carbonyl (C=O) groups is 1. The van der Waals surface area contributed by atoms with E-state index in [9.17, 15) is 9.90 Å². The molecule has 0 aliphatic heterocycles. The number of benzene rings is 1. The third kappa shape index (κ3) is 6.73. The Kier molecular flexibility index (Phi) is 8.71. The van der Waals surface area contributed by atoms with Crippen LogP contribution in [0.3, 0.4) is 0 Å². The maximum atomic E-state index is 11.2. The third-order valence-electron chi connectivity index (χ3n) is 2.84. The van der Waals surface area contributed by atoms with Gasteiger partial charge in [-0.05, 0) is 24.1 Å². The Morgan fingerprint density at radius 1 is 1.19 bits per heavy atom. The Morgan fingerprint density at radius 2 is 1.86 bits per heavy atom. The van der Waals surface area contributed by atoms with E-state index in [1.165, 1.54) is 0 Å². The molecule has 0 spiro atoms. The number of nitrogens with one attached hydrogen (secondary N) is 1. The van der Waals surface area contributed by atoms with Gasteiger partial charge in [0, 0.05) is 12.7 Å². The molecule has 116 valence electrons. The molecule has 1 atom stereocenters. The van der Waals surface area contributed by atoms with Crippen LogP contribution in [-0.4, -0.2) is 22.1 Å². The van der Waals surface area contributed by atoms with Crippen molar-refractivity contribution in [3.63, 3.8) is 0 Å². The zero-order valence-corrected chi connectivity index (χ0v) is 12.9. The van der Waals surface area contributed by atoms with Gasteiger partial charge in [-0.3, -0.25) is 15.1 Å². The van der Waals surface area contributed by atoms with E-state index in [2.05, 4.69) is 35.5 Å². The Labute approximate surface area is 136 Å². The summed E-state index contributed by atoms with van der Waals surface area (Å²) in [4.78, 5) is 15.4. The van der Waals surface area contributed by atoms with E-state index in [4.69, 9.17) is 0 Å². The van der Waals surface area contributed by atoms with Crippen LogP contribution < -0.4 is 5.32 Å². The predicted octanol–water partition coefficient (Wildman–Crippen LogP) is 2.55. The molecule has 0 aliphatic rings. The van der Waals surface area contributed by atoms with Crippen molar-refractivity contribution in [2.24, 2.45) is 0 Å². The van der Waals surface area contributed by atoms with E-state index >= 15 is 0 Å². The number of hydrogen-bond donors (Lipinski definition) is 2. The molecule has 0 radical (unpaired) electrons. The molecule has 21 heavy (non-hydrogen) atoms. The zero-order chi connectivity index (χ0) is 15.5. The van der Waals surface area contributed by atoms with Gasteiger partial charge in [0.2, 0.25) is 0 Å². The molecule has 0 bridgehead atoms. The van der Waals surface area contributed by atoms with Crippen LogP contribution >= 0.6 is 10.1 Å². The van der Waals surface area contributed by atoms with Gasteiger partial charge in [-0.15, -0.1) is 0 Å². The summed E-state index contributed by atoms with van der Waals surface area (Å²) in [7, 11) is 4.20. The second kappa shape index (κ2) is 10.4. The normalized spacial score (nSPS) is 11.2. The van der Waals surface area contributed by atoms with Gasteiger partial charge in [-0.1, -0.05) is 36.4 Å². The van der Waals surface area contributed by atoms with Crippen molar-refractivity contribution in [2.45, 2.75) is 19.0 Å². The van der Waals surface area contributed by atoms with Gasteiger partial charge >= 0.3 is 31.2 Å². The van der Waals surface area contributed by atoms with Crippen molar-refractivity contribution in [3.05, 3.63) is 66.0 Å². The number of pyridine rings is 1. The molecule has 2 N–H and O–H groups in total. The molecule has 0 saturated heterocycles. The second-order valence-corrected chi connectivity index (χ2v) is 4.28. The number of nitrogens with zero attached hydrogens (tertiary/aromatic N) is 1. The van der Waals surface area contributed by atoms with E-state index < -0.39 is 12.0 Å². The van der Waals surface area contributed by atoms with Crippen LogP contribution in [-0.2, 0) is 32.9 Å². The Bertz CT molecular complexity index is 526. The molecule has 1 aromatic heterocycles. The first-order valence-corrected chi connectivity index (χ1v) is 7.56. The first-order valence-electron chi connectivity index (χ1n) is 6.27. The fourth-order valence-corrected chi connectivity index (χ4v) is 1.83. The minimum atomic E-state index is -0.847. The van der Waals surface area contributed by atoms with Crippen LogP contribution in [0.1, 0.15) is 11.3 Å². The molecule has 0 saturated carbocycles. The number of hydrogen-bond acceptors (Lipinski definition) is 3. The minimum absolute atomic E-state index is 0.449. The summed E-state index contributed by atoms with van der Waals surface area (Å²) in [5.41, 5.74) is 1.84. The van der Waals surface area contributed by atoms with Crippen LogP contribution in [0.4, 0.5) is 0 Å². The Morgan fingerprint density at radius 3 is 2.43 bits per heavy atom. The topological polar surface area (TPSA) is 62.2 Å². The van der Waals surface area contributed by atoms with Crippen molar-refractivity contribution < 1.29 is 25.0 Å². The van der Waals surface area contributed by atoms with E-state index in [1.54, 1.807) is 6.20 Å². The molecular weight excluding hydrogens is 339 g/mol. The van der Waals surface area contributed by atoms with E-state index in [-0.39, 0.29) is 0 Å². The number of halogens is 1. The summed E-state index contributed by atoms with van der Waals surface area (Å²) in [6.45, 7) is 0.449. The summed E-state index contributed by atoms with van der Waals surface area (Å²) < 4.78 is 0. The van der Waals surface area contributed by atoms with Gasteiger partial charge in [-0.2, -0.15) is 0 Å².